The number of aromatic amines is 1. The van der Waals surface area contributed by atoms with Gasteiger partial charge in [-0.2, -0.15) is 5.10 Å². The SMILES string of the molecule is Fc1cncc(CNc2ccc3[nH]nc(C=Cc4ccccn4)c3c2)c1. The van der Waals surface area contributed by atoms with E-state index in [-0.39, 0.29) is 5.82 Å². The molecule has 1 aromatic carbocycles. The number of hydrogen-bond acceptors (Lipinski definition) is 4. The molecule has 0 fully saturated rings. The van der Waals surface area contributed by atoms with E-state index in [4.69, 9.17) is 0 Å². The Labute approximate surface area is 149 Å². The summed E-state index contributed by atoms with van der Waals surface area (Å²) in [6.07, 6.45) is 8.45. The van der Waals surface area contributed by atoms with Crippen LogP contribution in [0.2, 0.25) is 0 Å². The van der Waals surface area contributed by atoms with E-state index in [1.54, 1.807) is 12.4 Å². The zero-order valence-electron chi connectivity index (χ0n) is 13.9. The van der Waals surface area contributed by atoms with Crippen molar-refractivity contribution in [2.24, 2.45) is 0 Å². The van der Waals surface area contributed by atoms with Crippen LogP contribution in [0.1, 0.15) is 17.0 Å². The Morgan fingerprint density at radius 3 is 2.88 bits per heavy atom. The van der Waals surface area contributed by atoms with Gasteiger partial charge in [0.15, 0.2) is 0 Å². The van der Waals surface area contributed by atoms with Crippen LogP contribution < -0.4 is 5.32 Å². The van der Waals surface area contributed by atoms with E-state index in [1.165, 1.54) is 12.3 Å². The summed E-state index contributed by atoms with van der Waals surface area (Å²) in [6, 6.07) is 13.2. The molecule has 26 heavy (non-hydrogen) atoms. The third-order valence-corrected chi connectivity index (χ3v) is 3.95. The van der Waals surface area contributed by atoms with Crippen LogP contribution in [0.5, 0.6) is 0 Å². The molecular weight excluding hydrogens is 329 g/mol. The van der Waals surface area contributed by atoms with Gasteiger partial charge in [0.05, 0.1) is 23.1 Å². The molecule has 5 nitrogen and oxygen atoms in total. The first-order valence-electron chi connectivity index (χ1n) is 8.18. The molecule has 0 atom stereocenters. The summed E-state index contributed by atoms with van der Waals surface area (Å²) in [5, 5.41) is 11.7. The van der Waals surface area contributed by atoms with E-state index in [0.717, 1.165) is 33.5 Å². The maximum Gasteiger partial charge on any atom is 0.141 e. The standard InChI is InChI=1S/C20H16FN5/c21-15-9-14(11-22-13-15)12-24-17-5-7-20-18(10-17)19(25-26-20)6-4-16-3-1-2-8-23-16/h1-11,13,24H,12H2,(H,25,26). The summed E-state index contributed by atoms with van der Waals surface area (Å²) in [7, 11) is 0. The molecular formula is C20H16FN5. The number of anilines is 1. The molecule has 0 aliphatic heterocycles. The summed E-state index contributed by atoms with van der Waals surface area (Å²) in [5.74, 6) is -0.337. The second kappa shape index (κ2) is 7.14. The van der Waals surface area contributed by atoms with Crippen molar-refractivity contribution in [2.45, 2.75) is 6.54 Å². The lowest BCUT2D eigenvalue weighted by Crippen LogP contribution is -2.00. The maximum atomic E-state index is 13.2. The lowest BCUT2D eigenvalue weighted by atomic mass is 10.1. The van der Waals surface area contributed by atoms with Crippen LogP contribution in [0, 0.1) is 5.82 Å². The van der Waals surface area contributed by atoms with Gasteiger partial charge in [0, 0.05) is 30.0 Å². The fourth-order valence-electron chi connectivity index (χ4n) is 2.67. The van der Waals surface area contributed by atoms with Gasteiger partial charge in [0.2, 0.25) is 0 Å². The predicted molar refractivity (Wildman–Crippen MR) is 101 cm³/mol. The van der Waals surface area contributed by atoms with E-state index in [2.05, 4.69) is 25.5 Å². The minimum atomic E-state index is -0.337. The number of benzene rings is 1. The lowest BCUT2D eigenvalue weighted by Gasteiger charge is -2.06. The molecule has 0 bridgehead atoms. The van der Waals surface area contributed by atoms with Crippen molar-refractivity contribution in [1.82, 2.24) is 20.2 Å². The van der Waals surface area contributed by atoms with Crippen LogP contribution in [0.25, 0.3) is 23.1 Å². The van der Waals surface area contributed by atoms with E-state index < -0.39 is 0 Å². The number of aromatic nitrogens is 4. The van der Waals surface area contributed by atoms with Crippen molar-refractivity contribution >= 4 is 28.7 Å². The summed E-state index contributed by atoms with van der Waals surface area (Å²) in [4.78, 5) is 8.13. The summed E-state index contributed by atoms with van der Waals surface area (Å²) >= 11 is 0. The van der Waals surface area contributed by atoms with E-state index in [9.17, 15) is 4.39 Å². The first-order valence-corrected chi connectivity index (χ1v) is 8.18. The summed E-state index contributed by atoms with van der Waals surface area (Å²) in [6.45, 7) is 0.493. The molecule has 3 heterocycles. The zero-order valence-corrected chi connectivity index (χ0v) is 13.9. The van der Waals surface area contributed by atoms with Crippen LogP contribution in [-0.4, -0.2) is 20.2 Å². The Morgan fingerprint density at radius 1 is 1.08 bits per heavy atom. The number of nitrogens with one attached hydrogen (secondary N) is 2. The van der Waals surface area contributed by atoms with E-state index >= 15 is 0 Å². The molecule has 0 aliphatic carbocycles. The highest BCUT2D eigenvalue weighted by Crippen LogP contribution is 2.22. The van der Waals surface area contributed by atoms with E-state index in [1.807, 2.05) is 48.6 Å². The average molecular weight is 345 g/mol. The normalized spacial score (nSPS) is 11.3. The number of rotatable bonds is 5. The van der Waals surface area contributed by atoms with Crippen molar-refractivity contribution in [3.8, 4) is 0 Å². The topological polar surface area (TPSA) is 66.5 Å². The van der Waals surface area contributed by atoms with Crippen molar-refractivity contribution in [3.05, 3.63) is 83.8 Å². The highest BCUT2D eigenvalue weighted by atomic mass is 19.1. The number of nitrogens with zero attached hydrogens (tertiary/aromatic N) is 3. The molecule has 0 saturated carbocycles. The van der Waals surface area contributed by atoms with Gasteiger partial charge in [-0.05, 0) is 54.1 Å². The van der Waals surface area contributed by atoms with Gasteiger partial charge in [0.25, 0.3) is 0 Å². The minimum absolute atomic E-state index is 0.337. The Morgan fingerprint density at radius 2 is 2.04 bits per heavy atom. The molecule has 128 valence electrons. The predicted octanol–water partition coefficient (Wildman–Crippen LogP) is 4.27. The largest absolute Gasteiger partial charge is 0.381 e. The zero-order chi connectivity index (χ0) is 17.8. The molecule has 0 spiro atoms. The van der Waals surface area contributed by atoms with Crippen LogP contribution in [0.15, 0.2) is 61.1 Å². The van der Waals surface area contributed by atoms with Crippen molar-refractivity contribution < 1.29 is 4.39 Å². The molecule has 2 N–H and O–H groups in total. The fraction of sp³-hybridized carbons (Fsp3) is 0.0500. The van der Waals surface area contributed by atoms with Gasteiger partial charge >= 0.3 is 0 Å². The molecule has 3 aromatic heterocycles. The number of H-pyrrole nitrogens is 1. The van der Waals surface area contributed by atoms with E-state index in [0.29, 0.717) is 6.54 Å². The average Bonchev–Trinajstić information content (AvgIpc) is 3.08. The van der Waals surface area contributed by atoms with Crippen LogP contribution in [-0.2, 0) is 6.54 Å². The second-order valence-electron chi connectivity index (χ2n) is 5.82. The van der Waals surface area contributed by atoms with Gasteiger partial charge < -0.3 is 5.32 Å². The van der Waals surface area contributed by atoms with Crippen molar-refractivity contribution in [1.29, 1.82) is 0 Å². The highest BCUT2D eigenvalue weighted by molar-refractivity contribution is 5.91. The van der Waals surface area contributed by atoms with Crippen molar-refractivity contribution in [2.75, 3.05) is 5.32 Å². The molecule has 6 heteroatoms. The molecule has 0 amide bonds. The van der Waals surface area contributed by atoms with Crippen LogP contribution in [0.4, 0.5) is 10.1 Å². The van der Waals surface area contributed by atoms with Gasteiger partial charge in [-0.3, -0.25) is 15.1 Å². The quantitative estimate of drug-likeness (QED) is 0.567. The Bertz CT molecular complexity index is 1060. The summed E-state index contributed by atoms with van der Waals surface area (Å²) < 4.78 is 13.2. The van der Waals surface area contributed by atoms with Crippen LogP contribution in [0.3, 0.4) is 0 Å². The Kier molecular flexibility index (Phi) is 4.38. The second-order valence-corrected chi connectivity index (χ2v) is 5.82. The lowest BCUT2D eigenvalue weighted by molar-refractivity contribution is 0.619. The first kappa shape index (κ1) is 16.0. The fourth-order valence-corrected chi connectivity index (χ4v) is 2.67. The monoisotopic (exact) mass is 345 g/mol. The van der Waals surface area contributed by atoms with Gasteiger partial charge in [-0.15, -0.1) is 0 Å². The minimum Gasteiger partial charge on any atom is -0.381 e. The maximum absolute atomic E-state index is 13.2. The van der Waals surface area contributed by atoms with Gasteiger partial charge in [-0.1, -0.05) is 6.07 Å². The third-order valence-electron chi connectivity index (χ3n) is 3.95. The summed E-state index contributed by atoms with van der Waals surface area (Å²) in [5.41, 5.74) is 4.37. The molecule has 4 rings (SSSR count). The Balaban J connectivity index is 1.55. The smallest absolute Gasteiger partial charge is 0.141 e. The number of fused-ring (bicyclic) bond motifs is 1. The van der Waals surface area contributed by atoms with Gasteiger partial charge in [-0.25, -0.2) is 4.39 Å². The number of pyridine rings is 2. The molecule has 0 saturated heterocycles. The number of hydrogen-bond donors (Lipinski definition) is 2. The highest BCUT2D eigenvalue weighted by Gasteiger charge is 2.05. The molecule has 0 unspecified atom stereocenters. The molecule has 4 aromatic rings. The molecule has 0 radical (unpaired) electrons. The van der Waals surface area contributed by atoms with Crippen LogP contribution >= 0.6 is 0 Å². The number of halogens is 1. The third kappa shape index (κ3) is 3.59. The first-order chi connectivity index (χ1) is 12.8. The van der Waals surface area contributed by atoms with Gasteiger partial charge in [0.1, 0.15) is 5.82 Å². The van der Waals surface area contributed by atoms with Crippen molar-refractivity contribution in [3.63, 3.8) is 0 Å². The Hall–Kier alpha value is -3.54. The molecule has 0 aliphatic rings.